The topological polar surface area (TPSA) is 86.8 Å². The van der Waals surface area contributed by atoms with Crippen molar-refractivity contribution in [1.82, 2.24) is 9.80 Å². The summed E-state index contributed by atoms with van der Waals surface area (Å²) in [5.41, 5.74) is 3.15. The van der Waals surface area contributed by atoms with Gasteiger partial charge in [0.1, 0.15) is 5.75 Å². The number of sulfone groups is 1. The first kappa shape index (κ1) is 24.9. The van der Waals surface area contributed by atoms with Crippen molar-refractivity contribution >= 4 is 27.3 Å². The SMILES string of the molecule is CCc1cccc(CC)c1NC(=O)CN1CCCN(C(=O)CS(=O)(=O)c2ccccc2)CC1. The zero-order valence-corrected chi connectivity index (χ0v) is 20.2. The highest BCUT2D eigenvalue weighted by atomic mass is 32.2. The third-order valence-corrected chi connectivity index (χ3v) is 7.60. The lowest BCUT2D eigenvalue weighted by Gasteiger charge is -2.22. The predicted octanol–water partition coefficient (Wildman–Crippen LogP) is 2.76. The zero-order chi connectivity index (χ0) is 23.8. The van der Waals surface area contributed by atoms with Crippen molar-refractivity contribution in [2.45, 2.75) is 38.0 Å². The average molecular weight is 472 g/mol. The number of nitrogens with one attached hydrogen (secondary N) is 1. The molecule has 2 amide bonds. The van der Waals surface area contributed by atoms with Crippen LogP contribution in [0.1, 0.15) is 31.4 Å². The number of nitrogens with zero attached hydrogens (tertiary/aromatic N) is 2. The minimum Gasteiger partial charge on any atom is -0.340 e. The van der Waals surface area contributed by atoms with Gasteiger partial charge in [-0.1, -0.05) is 50.2 Å². The van der Waals surface area contributed by atoms with Gasteiger partial charge < -0.3 is 10.2 Å². The number of para-hydroxylation sites is 1. The third-order valence-electron chi connectivity index (χ3n) is 5.99. The molecule has 33 heavy (non-hydrogen) atoms. The van der Waals surface area contributed by atoms with Crippen molar-refractivity contribution in [3.05, 3.63) is 59.7 Å². The number of amides is 2. The maximum atomic E-state index is 12.8. The maximum absolute atomic E-state index is 12.8. The molecule has 0 atom stereocenters. The molecule has 2 aromatic rings. The fourth-order valence-corrected chi connectivity index (χ4v) is 5.37. The first-order chi connectivity index (χ1) is 15.8. The second-order valence-corrected chi connectivity index (χ2v) is 10.3. The van der Waals surface area contributed by atoms with Crippen molar-refractivity contribution in [2.24, 2.45) is 0 Å². The van der Waals surface area contributed by atoms with Gasteiger partial charge in [-0.25, -0.2) is 8.42 Å². The smallest absolute Gasteiger partial charge is 0.238 e. The summed E-state index contributed by atoms with van der Waals surface area (Å²) in [6.07, 6.45) is 2.38. The number of carbonyl (C=O) groups excluding carboxylic acids is 2. The van der Waals surface area contributed by atoms with E-state index in [0.717, 1.165) is 29.7 Å². The lowest BCUT2D eigenvalue weighted by Crippen LogP contribution is -2.40. The van der Waals surface area contributed by atoms with E-state index in [4.69, 9.17) is 0 Å². The molecule has 1 aliphatic heterocycles. The van der Waals surface area contributed by atoms with Crippen molar-refractivity contribution in [3.8, 4) is 0 Å². The van der Waals surface area contributed by atoms with E-state index in [-0.39, 0.29) is 17.3 Å². The molecule has 8 heteroatoms. The molecule has 1 fully saturated rings. The molecule has 7 nitrogen and oxygen atoms in total. The number of carbonyl (C=O) groups is 2. The Morgan fingerprint density at radius 1 is 0.879 bits per heavy atom. The molecule has 0 aliphatic carbocycles. The first-order valence-electron chi connectivity index (χ1n) is 11.5. The Balaban J connectivity index is 1.56. The Bertz CT molecular complexity index is 1050. The van der Waals surface area contributed by atoms with Crippen LogP contribution in [-0.4, -0.2) is 68.5 Å². The molecular weight excluding hydrogens is 438 g/mol. The Hall–Kier alpha value is -2.71. The second kappa shape index (κ2) is 11.4. The van der Waals surface area contributed by atoms with Crippen LogP contribution in [0.5, 0.6) is 0 Å². The molecule has 0 unspecified atom stereocenters. The van der Waals surface area contributed by atoms with Gasteiger partial charge >= 0.3 is 0 Å². The minimum absolute atomic E-state index is 0.0722. The number of anilines is 1. The van der Waals surface area contributed by atoms with E-state index >= 15 is 0 Å². The van der Waals surface area contributed by atoms with Crippen LogP contribution in [0.15, 0.2) is 53.4 Å². The summed E-state index contributed by atoms with van der Waals surface area (Å²) in [5, 5.41) is 3.09. The van der Waals surface area contributed by atoms with Crippen molar-refractivity contribution in [1.29, 1.82) is 0 Å². The molecular formula is C25H33N3O4S. The zero-order valence-electron chi connectivity index (χ0n) is 19.4. The minimum atomic E-state index is -3.67. The third kappa shape index (κ3) is 6.65. The Morgan fingerprint density at radius 3 is 2.18 bits per heavy atom. The largest absolute Gasteiger partial charge is 0.340 e. The highest BCUT2D eigenvalue weighted by Crippen LogP contribution is 2.22. The van der Waals surface area contributed by atoms with Crippen molar-refractivity contribution < 1.29 is 18.0 Å². The standard InChI is InChI=1S/C25H33N3O4S/c1-3-20-10-8-11-21(4-2)25(20)26-23(29)18-27-14-9-15-28(17-16-27)24(30)19-33(31,32)22-12-6-5-7-13-22/h5-8,10-13H,3-4,9,14-19H2,1-2H3,(H,26,29). The number of hydrogen-bond acceptors (Lipinski definition) is 5. The van der Waals surface area contributed by atoms with Crippen LogP contribution in [0, 0.1) is 0 Å². The Morgan fingerprint density at radius 2 is 1.55 bits per heavy atom. The molecule has 1 N–H and O–H groups in total. The fourth-order valence-electron chi connectivity index (χ4n) is 4.13. The van der Waals surface area contributed by atoms with Crippen LogP contribution in [0.25, 0.3) is 0 Å². The second-order valence-electron chi connectivity index (χ2n) is 8.29. The van der Waals surface area contributed by atoms with E-state index in [1.807, 2.05) is 23.1 Å². The molecule has 2 aromatic carbocycles. The molecule has 0 saturated carbocycles. The van der Waals surface area contributed by atoms with Crippen LogP contribution in [0.4, 0.5) is 5.69 Å². The molecule has 0 spiro atoms. The van der Waals surface area contributed by atoms with Gasteiger partial charge in [-0.3, -0.25) is 14.5 Å². The van der Waals surface area contributed by atoms with Crippen molar-refractivity contribution in [2.75, 3.05) is 43.8 Å². The summed E-state index contributed by atoms with van der Waals surface area (Å²) < 4.78 is 25.1. The molecule has 0 aromatic heterocycles. The summed E-state index contributed by atoms with van der Waals surface area (Å²) >= 11 is 0. The van der Waals surface area contributed by atoms with Crippen LogP contribution in [-0.2, 0) is 32.3 Å². The molecule has 1 aliphatic rings. The quantitative estimate of drug-likeness (QED) is 0.640. The number of benzene rings is 2. The van der Waals surface area contributed by atoms with E-state index < -0.39 is 21.5 Å². The van der Waals surface area contributed by atoms with Gasteiger partial charge in [0, 0.05) is 31.9 Å². The summed E-state index contributed by atoms with van der Waals surface area (Å²) in [5.74, 6) is -1.00. The van der Waals surface area contributed by atoms with E-state index in [0.29, 0.717) is 32.6 Å². The first-order valence-corrected chi connectivity index (χ1v) is 13.2. The van der Waals surface area contributed by atoms with E-state index in [1.54, 1.807) is 23.1 Å². The van der Waals surface area contributed by atoms with Crippen molar-refractivity contribution in [3.63, 3.8) is 0 Å². The molecule has 0 radical (unpaired) electrons. The number of aryl methyl sites for hydroxylation is 2. The van der Waals surface area contributed by atoms with Gasteiger partial charge in [0.2, 0.25) is 11.8 Å². The molecule has 1 saturated heterocycles. The van der Waals surface area contributed by atoms with E-state index in [9.17, 15) is 18.0 Å². The normalized spacial score (nSPS) is 15.2. The van der Waals surface area contributed by atoms with Gasteiger partial charge in [0.25, 0.3) is 0 Å². The van der Waals surface area contributed by atoms with Crippen LogP contribution in [0.2, 0.25) is 0 Å². The van der Waals surface area contributed by atoms with E-state index in [1.165, 1.54) is 12.1 Å². The van der Waals surface area contributed by atoms with Crippen LogP contribution >= 0.6 is 0 Å². The number of rotatable bonds is 8. The Kier molecular flexibility index (Phi) is 8.63. The summed E-state index contributed by atoms with van der Waals surface area (Å²) in [6.45, 7) is 6.48. The number of hydrogen-bond donors (Lipinski definition) is 1. The average Bonchev–Trinajstić information content (AvgIpc) is 3.05. The summed E-state index contributed by atoms with van der Waals surface area (Å²) in [6, 6.07) is 14.1. The predicted molar refractivity (Wildman–Crippen MR) is 130 cm³/mol. The van der Waals surface area contributed by atoms with Gasteiger partial charge in [-0.15, -0.1) is 0 Å². The monoisotopic (exact) mass is 471 g/mol. The van der Waals surface area contributed by atoms with E-state index in [2.05, 4.69) is 19.2 Å². The summed E-state index contributed by atoms with van der Waals surface area (Å²) in [7, 11) is -3.67. The van der Waals surface area contributed by atoms with Crippen LogP contribution in [0.3, 0.4) is 0 Å². The maximum Gasteiger partial charge on any atom is 0.238 e. The van der Waals surface area contributed by atoms with Gasteiger partial charge in [0.05, 0.1) is 11.4 Å². The van der Waals surface area contributed by atoms with Gasteiger partial charge in [0.15, 0.2) is 9.84 Å². The molecule has 1 heterocycles. The van der Waals surface area contributed by atoms with Gasteiger partial charge in [-0.05, 0) is 42.5 Å². The summed E-state index contributed by atoms with van der Waals surface area (Å²) in [4.78, 5) is 29.3. The molecule has 3 rings (SSSR count). The van der Waals surface area contributed by atoms with Gasteiger partial charge in [-0.2, -0.15) is 0 Å². The fraction of sp³-hybridized carbons (Fsp3) is 0.440. The van der Waals surface area contributed by atoms with Crippen LogP contribution < -0.4 is 5.32 Å². The highest BCUT2D eigenvalue weighted by Gasteiger charge is 2.26. The Labute approximate surface area is 196 Å². The molecule has 0 bridgehead atoms. The lowest BCUT2D eigenvalue weighted by molar-refractivity contribution is -0.128. The highest BCUT2D eigenvalue weighted by molar-refractivity contribution is 7.92. The molecule has 178 valence electrons. The lowest BCUT2D eigenvalue weighted by atomic mass is 10.0.